The van der Waals surface area contributed by atoms with Gasteiger partial charge >= 0.3 is 0 Å². The van der Waals surface area contributed by atoms with Gasteiger partial charge in [0.25, 0.3) is 0 Å². The molecule has 2 fully saturated rings. The number of amides is 3. The molecule has 3 aromatic carbocycles. The van der Waals surface area contributed by atoms with Crippen molar-refractivity contribution in [2.24, 2.45) is 11.8 Å². The number of benzene rings is 3. The number of phenols is 2. The first-order valence-electron chi connectivity index (χ1n) is 12.9. The quantitative estimate of drug-likeness (QED) is 0.283. The summed E-state index contributed by atoms with van der Waals surface area (Å²) in [5, 5.41) is 26.4. The van der Waals surface area contributed by atoms with Gasteiger partial charge in [0.15, 0.2) is 23.0 Å². The Morgan fingerprint density at radius 1 is 0.975 bits per heavy atom. The average Bonchev–Trinajstić information content (AvgIpc) is 3.50. The van der Waals surface area contributed by atoms with Gasteiger partial charge in [0, 0.05) is 17.7 Å². The Morgan fingerprint density at radius 2 is 1.75 bits per heavy atom. The van der Waals surface area contributed by atoms with Gasteiger partial charge in [-0.25, -0.2) is 4.90 Å². The van der Waals surface area contributed by atoms with Gasteiger partial charge in [-0.2, -0.15) is 0 Å². The Labute approximate surface area is 233 Å². The molecule has 4 N–H and O–H groups in total. The molecule has 4 atom stereocenters. The molecule has 4 aliphatic heterocycles. The fourth-order valence-corrected chi connectivity index (χ4v) is 6.87. The molecule has 4 heterocycles. The average molecular weight is 562 g/mol. The minimum atomic E-state index is -1.55. The van der Waals surface area contributed by atoms with Crippen LogP contribution in [0, 0.1) is 18.8 Å². The van der Waals surface area contributed by atoms with E-state index in [0.29, 0.717) is 52.2 Å². The Bertz CT molecular complexity index is 1640. The number of carbonyl (C=O) groups is 3. The van der Waals surface area contributed by atoms with Crippen LogP contribution >= 0.6 is 11.6 Å². The van der Waals surface area contributed by atoms with E-state index < -0.39 is 41.1 Å². The monoisotopic (exact) mass is 561 g/mol. The van der Waals surface area contributed by atoms with Crippen LogP contribution in [0.5, 0.6) is 23.0 Å². The van der Waals surface area contributed by atoms with Crippen LogP contribution in [0.4, 0.5) is 11.4 Å². The second-order valence-corrected chi connectivity index (χ2v) is 11.0. The third kappa shape index (κ3) is 3.36. The number of imide groups is 1. The van der Waals surface area contributed by atoms with Crippen LogP contribution in [0.25, 0.3) is 0 Å². The maximum Gasteiger partial charge on any atom is 0.250 e. The van der Waals surface area contributed by atoms with Gasteiger partial charge in [-0.1, -0.05) is 23.7 Å². The van der Waals surface area contributed by atoms with E-state index in [1.54, 1.807) is 30.3 Å². The van der Waals surface area contributed by atoms with Crippen LogP contribution < -0.4 is 25.0 Å². The summed E-state index contributed by atoms with van der Waals surface area (Å²) in [5.41, 5.74) is 1.11. The summed E-state index contributed by atoms with van der Waals surface area (Å²) in [4.78, 5) is 43.3. The first-order chi connectivity index (χ1) is 19.2. The number of halogens is 1. The minimum absolute atomic E-state index is 0.201. The topological polar surface area (TPSA) is 137 Å². The number of rotatable bonds is 3. The van der Waals surface area contributed by atoms with Crippen molar-refractivity contribution in [1.82, 2.24) is 5.32 Å². The minimum Gasteiger partial charge on any atom is -0.504 e. The predicted molar refractivity (Wildman–Crippen MR) is 144 cm³/mol. The van der Waals surface area contributed by atoms with Crippen LogP contribution in [0.1, 0.15) is 16.7 Å². The molecule has 10 nitrogen and oxygen atoms in total. The molecule has 4 aliphatic rings. The predicted octanol–water partition coefficient (Wildman–Crippen LogP) is 3.00. The summed E-state index contributed by atoms with van der Waals surface area (Å²) in [6, 6.07) is 12.1. The highest BCUT2D eigenvalue weighted by molar-refractivity contribution is 6.35. The second-order valence-electron chi connectivity index (χ2n) is 10.6. The van der Waals surface area contributed by atoms with E-state index in [1.807, 2.05) is 13.0 Å². The highest BCUT2D eigenvalue weighted by Crippen LogP contribution is 2.55. The Morgan fingerprint density at radius 3 is 2.52 bits per heavy atom. The number of fused-ring (bicyclic) bond motifs is 5. The van der Waals surface area contributed by atoms with Crippen LogP contribution in [-0.2, 0) is 26.3 Å². The molecular formula is C29H24ClN3O7. The van der Waals surface area contributed by atoms with Crippen molar-refractivity contribution in [3.8, 4) is 23.0 Å². The number of aryl methyl sites for hydroxylation is 1. The first-order valence-corrected chi connectivity index (χ1v) is 13.2. The summed E-state index contributed by atoms with van der Waals surface area (Å²) >= 11 is 6.52. The normalized spacial score (nSPS) is 26.3. The van der Waals surface area contributed by atoms with E-state index in [2.05, 4.69) is 10.6 Å². The van der Waals surface area contributed by atoms with Crippen LogP contribution in [-0.4, -0.2) is 47.2 Å². The number of hydrogen-bond donors (Lipinski definition) is 4. The molecule has 0 saturated carbocycles. The summed E-state index contributed by atoms with van der Waals surface area (Å²) in [5.74, 6) is -3.05. The number of carbonyl (C=O) groups excluding carboxylic acids is 3. The third-order valence-corrected chi connectivity index (χ3v) is 8.50. The number of aromatic hydroxyl groups is 2. The smallest absolute Gasteiger partial charge is 0.250 e. The van der Waals surface area contributed by atoms with Gasteiger partial charge in [0.1, 0.15) is 18.8 Å². The summed E-state index contributed by atoms with van der Waals surface area (Å²) in [6.45, 7) is 2.58. The van der Waals surface area contributed by atoms with Crippen molar-refractivity contribution in [2.75, 3.05) is 23.4 Å². The molecule has 0 unspecified atom stereocenters. The number of nitrogens with one attached hydrogen (secondary N) is 2. The van der Waals surface area contributed by atoms with Gasteiger partial charge in [-0.05, 0) is 54.8 Å². The van der Waals surface area contributed by atoms with Crippen molar-refractivity contribution >= 4 is 40.7 Å². The summed E-state index contributed by atoms with van der Waals surface area (Å²) in [7, 11) is 0. The van der Waals surface area contributed by atoms with E-state index in [1.165, 1.54) is 12.1 Å². The molecule has 204 valence electrons. The molecular weight excluding hydrogens is 538 g/mol. The zero-order chi connectivity index (χ0) is 27.9. The van der Waals surface area contributed by atoms with Gasteiger partial charge in [-0.15, -0.1) is 0 Å². The molecule has 0 aromatic heterocycles. The van der Waals surface area contributed by atoms with Crippen molar-refractivity contribution in [2.45, 2.75) is 24.9 Å². The number of phenolic OH excluding ortho intramolecular Hbond substituents is 2. The lowest BCUT2D eigenvalue weighted by atomic mass is 9.76. The van der Waals surface area contributed by atoms with Crippen molar-refractivity contribution < 1.29 is 34.1 Å². The van der Waals surface area contributed by atoms with E-state index in [9.17, 15) is 24.6 Å². The third-order valence-electron chi connectivity index (χ3n) is 8.20. The molecule has 3 amide bonds. The van der Waals surface area contributed by atoms with E-state index in [-0.39, 0.29) is 17.9 Å². The lowest BCUT2D eigenvalue weighted by Gasteiger charge is -2.30. The fourth-order valence-electron chi connectivity index (χ4n) is 6.54. The highest BCUT2D eigenvalue weighted by atomic mass is 35.5. The maximum atomic E-state index is 14.3. The molecule has 2 saturated heterocycles. The number of ether oxygens (including phenoxy) is 2. The zero-order valence-electron chi connectivity index (χ0n) is 21.2. The van der Waals surface area contributed by atoms with Crippen LogP contribution in [0.15, 0.2) is 48.5 Å². The van der Waals surface area contributed by atoms with Crippen LogP contribution in [0.2, 0.25) is 5.02 Å². The Hall–Kier alpha value is -4.28. The lowest BCUT2D eigenvalue weighted by molar-refractivity contribution is -0.130. The van der Waals surface area contributed by atoms with E-state index >= 15 is 0 Å². The van der Waals surface area contributed by atoms with Crippen molar-refractivity contribution in [3.63, 3.8) is 0 Å². The number of hydrogen-bond acceptors (Lipinski definition) is 8. The van der Waals surface area contributed by atoms with E-state index in [4.69, 9.17) is 21.1 Å². The lowest BCUT2D eigenvalue weighted by Crippen LogP contribution is -2.53. The molecule has 0 radical (unpaired) electrons. The molecule has 0 aliphatic carbocycles. The number of anilines is 2. The van der Waals surface area contributed by atoms with Gasteiger partial charge in [-0.3, -0.25) is 19.7 Å². The molecule has 40 heavy (non-hydrogen) atoms. The maximum absolute atomic E-state index is 14.3. The van der Waals surface area contributed by atoms with Crippen molar-refractivity contribution in [1.29, 1.82) is 0 Å². The molecule has 3 aromatic rings. The molecule has 0 bridgehead atoms. The zero-order valence-corrected chi connectivity index (χ0v) is 22.0. The van der Waals surface area contributed by atoms with Gasteiger partial charge in [0.2, 0.25) is 17.7 Å². The largest absolute Gasteiger partial charge is 0.504 e. The van der Waals surface area contributed by atoms with Crippen LogP contribution in [0.3, 0.4) is 0 Å². The number of nitrogens with zero attached hydrogens (tertiary/aromatic N) is 1. The highest BCUT2D eigenvalue weighted by Gasteiger charge is 2.70. The Balaban J connectivity index is 1.37. The first kappa shape index (κ1) is 24.7. The molecule has 11 heteroatoms. The fraction of sp³-hybridized carbons (Fsp3) is 0.276. The standard InChI is InChI=1S/C29H24ClN3O7/c1-13-8-16-25(17(30)9-13)31-28(38)29(16)24-23(18(32-29)10-14-2-4-19(34)20(35)11-14)26(36)33(27(24)37)15-3-5-21-22(12-15)40-7-6-39-21/h2-5,8-9,11-12,18,23-24,32,34-35H,6-7,10H2,1H3,(H,31,38)/t18-,23-,24-,29-/m1/s1. The second kappa shape index (κ2) is 8.61. The molecule has 1 spiro atoms. The van der Waals surface area contributed by atoms with E-state index in [0.717, 1.165) is 10.5 Å². The SMILES string of the molecule is Cc1cc(Cl)c2c(c1)[C@]1(N[C@H](Cc3ccc(O)c(O)c3)[C@H]3C(=O)N(c4ccc5c(c4)OCCO5)C(=O)[C@@H]31)C(=O)N2. The van der Waals surface area contributed by atoms with Crippen molar-refractivity contribution in [3.05, 3.63) is 70.2 Å². The van der Waals surface area contributed by atoms with Gasteiger partial charge in [0.05, 0.1) is 28.2 Å². The molecule has 7 rings (SSSR count). The summed E-state index contributed by atoms with van der Waals surface area (Å²) < 4.78 is 11.3. The summed E-state index contributed by atoms with van der Waals surface area (Å²) in [6.07, 6.45) is 0.201. The Kier molecular flexibility index (Phi) is 5.32. The van der Waals surface area contributed by atoms with Gasteiger partial charge < -0.3 is 25.0 Å².